The van der Waals surface area contributed by atoms with Crippen LogP contribution in [0.1, 0.15) is 15.2 Å². The van der Waals surface area contributed by atoms with Gasteiger partial charge in [0.1, 0.15) is 16.4 Å². The molecule has 0 radical (unpaired) electrons. The van der Waals surface area contributed by atoms with Crippen molar-refractivity contribution in [3.05, 3.63) is 56.9 Å². The Hall–Kier alpha value is -2.59. The summed E-state index contributed by atoms with van der Waals surface area (Å²) in [6.45, 7) is 1.58. The zero-order chi connectivity index (χ0) is 22.5. The lowest BCUT2D eigenvalue weighted by Crippen LogP contribution is -2.49. The maximum absolute atomic E-state index is 12.5. The van der Waals surface area contributed by atoms with Crippen LogP contribution >= 0.6 is 46.8 Å². The monoisotopic (exact) mass is 497 g/mol. The standard InChI is InChI=1S/C20H17Cl2N3O4S2/c1-10-7-12(4-6-14(10)21)29-9-16(26)24-25-20(30)23-19(27)18-17(22)13-5-3-11(28-2)8-15(13)31-18/h3-8H,9H2,1-2H3,(H,24,26)(H2,23,25,27,30). The van der Waals surface area contributed by atoms with Crippen molar-refractivity contribution in [2.75, 3.05) is 13.7 Å². The van der Waals surface area contributed by atoms with Gasteiger partial charge in [0.05, 0.1) is 12.1 Å². The SMILES string of the molecule is COc1ccc2c(Cl)c(C(=O)NC(=S)NNC(=O)COc3ccc(Cl)c(C)c3)sc2c1. The number of hydrogen-bond acceptors (Lipinski definition) is 6. The molecule has 0 saturated carbocycles. The van der Waals surface area contributed by atoms with Crippen molar-refractivity contribution in [1.82, 2.24) is 16.2 Å². The number of methoxy groups -OCH3 is 1. The van der Waals surface area contributed by atoms with Crippen molar-refractivity contribution >= 4 is 73.8 Å². The molecule has 0 spiro atoms. The van der Waals surface area contributed by atoms with E-state index in [1.54, 1.807) is 43.5 Å². The number of rotatable bonds is 5. The van der Waals surface area contributed by atoms with Gasteiger partial charge in [-0.05, 0) is 61.1 Å². The number of thiophene rings is 1. The van der Waals surface area contributed by atoms with E-state index in [-0.39, 0.29) is 11.7 Å². The molecular formula is C20H17Cl2N3O4S2. The summed E-state index contributed by atoms with van der Waals surface area (Å²) >= 11 is 18.5. The highest BCUT2D eigenvalue weighted by Crippen LogP contribution is 2.37. The fourth-order valence-electron chi connectivity index (χ4n) is 2.53. The number of benzene rings is 2. The van der Waals surface area contributed by atoms with E-state index in [1.807, 2.05) is 6.92 Å². The summed E-state index contributed by atoms with van der Waals surface area (Å²) in [5, 5.41) is 4.05. The maximum Gasteiger partial charge on any atom is 0.276 e. The van der Waals surface area contributed by atoms with Gasteiger partial charge < -0.3 is 9.47 Å². The first-order valence-corrected chi connectivity index (χ1v) is 10.8. The van der Waals surface area contributed by atoms with E-state index in [4.69, 9.17) is 44.9 Å². The van der Waals surface area contributed by atoms with Crippen molar-refractivity contribution < 1.29 is 19.1 Å². The Morgan fingerprint density at radius 3 is 2.55 bits per heavy atom. The number of thiocarbonyl (C=S) groups is 1. The van der Waals surface area contributed by atoms with Crippen LogP contribution in [0.25, 0.3) is 10.1 Å². The molecule has 1 heterocycles. The van der Waals surface area contributed by atoms with Crippen molar-refractivity contribution in [2.45, 2.75) is 6.92 Å². The van der Waals surface area contributed by atoms with Gasteiger partial charge in [0.25, 0.3) is 11.8 Å². The van der Waals surface area contributed by atoms with Crippen molar-refractivity contribution in [1.29, 1.82) is 0 Å². The summed E-state index contributed by atoms with van der Waals surface area (Å²) in [6.07, 6.45) is 0. The smallest absolute Gasteiger partial charge is 0.276 e. The lowest BCUT2D eigenvalue weighted by atomic mass is 10.2. The Bertz CT molecular complexity index is 1170. The Kier molecular flexibility index (Phi) is 7.55. The van der Waals surface area contributed by atoms with Gasteiger partial charge in [-0.15, -0.1) is 11.3 Å². The summed E-state index contributed by atoms with van der Waals surface area (Å²) in [6, 6.07) is 10.4. The number of carbonyl (C=O) groups excluding carboxylic acids is 2. The molecule has 0 unspecified atom stereocenters. The normalized spacial score (nSPS) is 10.5. The van der Waals surface area contributed by atoms with E-state index in [0.717, 1.165) is 15.6 Å². The minimum atomic E-state index is -0.496. The first-order valence-electron chi connectivity index (χ1n) is 8.83. The number of hydrazine groups is 1. The van der Waals surface area contributed by atoms with Gasteiger partial charge in [-0.2, -0.15) is 0 Å². The highest BCUT2D eigenvalue weighted by molar-refractivity contribution is 7.80. The lowest BCUT2D eigenvalue weighted by molar-refractivity contribution is -0.123. The number of halogens is 2. The molecule has 0 atom stereocenters. The number of aryl methyl sites for hydroxylation is 1. The molecule has 0 aliphatic heterocycles. The second-order valence-electron chi connectivity index (χ2n) is 6.26. The van der Waals surface area contributed by atoms with E-state index < -0.39 is 11.8 Å². The molecule has 0 bridgehead atoms. The molecule has 3 aromatic rings. The number of fused-ring (bicyclic) bond motifs is 1. The molecule has 7 nitrogen and oxygen atoms in total. The molecular weight excluding hydrogens is 481 g/mol. The fourth-order valence-corrected chi connectivity index (χ4v) is 4.23. The molecule has 3 rings (SSSR count). The Balaban J connectivity index is 1.51. The summed E-state index contributed by atoms with van der Waals surface area (Å²) in [5.41, 5.74) is 5.63. The van der Waals surface area contributed by atoms with Gasteiger partial charge in [0, 0.05) is 15.1 Å². The predicted octanol–water partition coefficient (Wildman–Crippen LogP) is 4.24. The van der Waals surface area contributed by atoms with Crippen molar-refractivity contribution in [3.8, 4) is 11.5 Å². The highest BCUT2D eigenvalue weighted by Gasteiger charge is 2.18. The molecule has 0 fully saturated rings. The van der Waals surface area contributed by atoms with Crippen LogP contribution in [0, 0.1) is 6.92 Å². The summed E-state index contributed by atoms with van der Waals surface area (Å²) in [5.74, 6) is 0.179. The third kappa shape index (κ3) is 5.76. The first-order chi connectivity index (χ1) is 14.8. The van der Waals surface area contributed by atoms with Gasteiger partial charge in [-0.3, -0.25) is 25.8 Å². The summed E-state index contributed by atoms with van der Waals surface area (Å²) in [7, 11) is 1.56. The molecule has 2 amide bonds. The molecule has 3 N–H and O–H groups in total. The molecule has 2 aromatic carbocycles. The van der Waals surface area contributed by atoms with E-state index >= 15 is 0 Å². The number of carbonyl (C=O) groups is 2. The average Bonchev–Trinajstić information content (AvgIpc) is 3.09. The Morgan fingerprint density at radius 2 is 1.84 bits per heavy atom. The minimum absolute atomic E-state index is 0.0909. The Morgan fingerprint density at radius 1 is 1.10 bits per heavy atom. The van der Waals surface area contributed by atoms with Crippen LogP contribution in [0.5, 0.6) is 11.5 Å². The van der Waals surface area contributed by atoms with Gasteiger partial charge in [-0.25, -0.2) is 0 Å². The number of hydrogen-bond donors (Lipinski definition) is 3. The van der Waals surface area contributed by atoms with E-state index in [2.05, 4.69) is 16.2 Å². The van der Waals surface area contributed by atoms with E-state index in [1.165, 1.54) is 11.3 Å². The first kappa shape index (κ1) is 23.1. The molecule has 162 valence electrons. The number of nitrogens with one attached hydrogen (secondary N) is 3. The third-order valence-electron chi connectivity index (χ3n) is 4.08. The molecule has 1 aromatic heterocycles. The zero-order valence-electron chi connectivity index (χ0n) is 16.4. The molecule has 0 aliphatic rings. The highest BCUT2D eigenvalue weighted by atomic mass is 35.5. The molecule has 0 saturated heterocycles. The number of amides is 2. The van der Waals surface area contributed by atoms with Crippen LogP contribution in [0.15, 0.2) is 36.4 Å². The zero-order valence-corrected chi connectivity index (χ0v) is 19.5. The van der Waals surface area contributed by atoms with Gasteiger partial charge in [0.15, 0.2) is 11.7 Å². The largest absolute Gasteiger partial charge is 0.497 e. The molecule has 11 heteroatoms. The summed E-state index contributed by atoms with van der Waals surface area (Å²) < 4.78 is 11.4. The van der Waals surface area contributed by atoms with Gasteiger partial charge in [0.2, 0.25) is 0 Å². The topological polar surface area (TPSA) is 88.7 Å². The quantitative estimate of drug-likeness (QED) is 0.360. The van der Waals surface area contributed by atoms with Crippen LogP contribution in [0.2, 0.25) is 10.0 Å². The summed E-state index contributed by atoms with van der Waals surface area (Å²) in [4.78, 5) is 24.7. The van der Waals surface area contributed by atoms with E-state index in [0.29, 0.717) is 26.4 Å². The maximum atomic E-state index is 12.5. The second kappa shape index (κ2) is 10.1. The van der Waals surface area contributed by atoms with Crippen LogP contribution in [0.4, 0.5) is 0 Å². The second-order valence-corrected chi connectivity index (χ2v) is 8.51. The van der Waals surface area contributed by atoms with Crippen LogP contribution in [-0.2, 0) is 4.79 Å². The van der Waals surface area contributed by atoms with E-state index in [9.17, 15) is 9.59 Å². The average molecular weight is 498 g/mol. The van der Waals surface area contributed by atoms with Gasteiger partial charge in [-0.1, -0.05) is 23.2 Å². The van der Waals surface area contributed by atoms with Crippen LogP contribution in [-0.4, -0.2) is 30.6 Å². The van der Waals surface area contributed by atoms with Crippen molar-refractivity contribution in [3.63, 3.8) is 0 Å². The minimum Gasteiger partial charge on any atom is -0.497 e. The fraction of sp³-hybridized carbons (Fsp3) is 0.150. The lowest BCUT2D eigenvalue weighted by Gasteiger charge is -2.11. The van der Waals surface area contributed by atoms with Crippen LogP contribution < -0.4 is 25.6 Å². The molecule has 31 heavy (non-hydrogen) atoms. The van der Waals surface area contributed by atoms with Crippen molar-refractivity contribution in [2.24, 2.45) is 0 Å². The number of ether oxygens (including phenoxy) is 2. The van der Waals surface area contributed by atoms with Crippen LogP contribution in [0.3, 0.4) is 0 Å². The van der Waals surface area contributed by atoms with Gasteiger partial charge >= 0.3 is 0 Å². The Labute approximate surface area is 197 Å². The third-order valence-corrected chi connectivity index (χ3v) is 6.37. The molecule has 0 aliphatic carbocycles. The predicted molar refractivity (Wildman–Crippen MR) is 126 cm³/mol.